The SMILES string of the molecule is COCC[C@@H]1CN(C(=O)Nc2ccccc2Cc2ccccc2)CCO1. The molecule has 0 bridgehead atoms. The normalized spacial score (nSPS) is 17.1. The van der Waals surface area contributed by atoms with E-state index >= 15 is 0 Å². The summed E-state index contributed by atoms with van der Waals surface area (Å²) in [4.78, 5) is 14.5. The van der Waals surface area contributed by atoms with Crippen molar-refractivity contribution < 1.29 is 14.3 Å². The van der Waals surface area contributed by atoms with Crippen molar-refractivity contribution >= 4 is 11.7 Å². The Morgan fingerprint density at radius 3 is 2.77 bits per heavy atom. The first-order valence-electron chi connectivity index (χ1n) is 9.04. The third kappa shape index (κ3) is 5.07. The van der Waals surface area contributed by atoms with Crippen molar-refractivity contribution in [1.82, 2.24) is 4.90 Å². The zero-order valence-corrected chi connectivity index (χ0v) is 15.2. The maximum Gasteiger partial charge on any atom is 0.322 e. The number of benzene rings is 2. The van der Waals surface area contributed by atoms with E-state index in [1.165, 1.54) is 5.56 Å². The van der Waals surface area contributed by atoms with Gasteiger partial charge in [0.15, 0.2) is 0 Å². The number of urea groups is 1. The van der Waals surface area contributed by atoms with Gasteiger partial charge in [-0.2, -0.15) is 0 Å². The molecule has 1 aliphatic rings. The molecule has 2 aromatic carbocycles. The fourth-order valence-corrected chi connectivity index (χ4v) is 3.13. The van der Waals surface area contributed by atoms with Crippen LogP contribution in [0, 0.1) is 0 Å². The van der Waals surface area contributed by atoms with Crippen LogP contribution >= 0.6 is 0 Å². The second-order valence-corrected chi connectivity index (χ2v) is 6.47. The van der Waals surface area contributed by atoms with Gasteiger partial charge in [0.25, 0.3) is 0 Å². The summed E-state index contributed by atoms with van der Waals surface area (Å²) in [5.74, 6) is 0. The van der Waals surface area contributed by atoms with E-state index in [9.17, 15) is 4.79 Å². The van der Waals surface area contributed by atoms with Crippen molar-refractivity contribution in [3.8, 4) is 0 Å². The van der Waals surface area contributed by atoms with Crippen LogP contribution in [0.3, 0.4) is 0 Å². The highest BCUT2D eigenvalue weighted by molar-refractivity contribution is 5.90. The number of ether oxygens (including phenoxy) is 2. The third-order valence-corrected chi connectivity index (χ3v) is 4.57. The number of para-hydroxylation sites is 1. The number of carbonyl (C=O) groups excluding carboxylic acids is 1. The summed E-state index contributed by atoms with van der Waals surface area (Å²) in [6.45, 7) is 2.40. The van der Waals surface area contributed by atoms with E-state index in [0.29, 0.717) is 26.3 Å². The predicted octanol–water partition coefficient (Wildman–Crippen LogP) is 3.55. The van der Waals surface area contributed by atoms with E-state index in [-0.39, 0.29) is 12.1 Å². The number of morpholine rings is 1. The number of hydrogen-bond donors (Lipinski definition) is 1. The first kappa shape index (κ1) is 18.4. The summed E-state index contributed by atoms with van der Waals surface area (Å²) in [6, 6.07) is 18.2. The lowest BCUT2D eigenvalue weighted by molar-refractivity contribution is -0.0260. The van der Waals surface area contributed by atoms with E-state index in [0.717, 1.165) is 24.1 Å². The molecular weight excluding hydrogens is 328 g/mol. The van der Waals surface area contributed by atoms with Crippen LogP contribution in [-0.2, 0) is 15.9 Å². The van der Waals surface area contributed by atoms with Gasteiger partial charge in [-0.15, -0.1) is 0 Å². The van der Waals surface area contributed by atoms with Gasteiger partial charge in [-0.1, -0.05) is 48.5 Å². The smallest absolute Gasteiger partial charge is 0.322 e. The van der Waals surface area contributed by atoms with Crippen molar-refractivity contribution in [2.45, 2.75) is 18.9 Å². The van der Waals surface area contributed by atoms with Crippen molar-refractivity contribution in [3.05, 3.63) is 65.7 Å². The molecule has 0 aliphatic carbocycles. The Balaban J connectivity index is 1.64. The first-order valence-corrected chi connectivity index (χ1v) is 9.04. The van der Waals surface area contributed by atoms with E-state index in [4.69, 9.17) is 9.47 Å². The molecule has 1 N–H and O–H groups in total. The van der Waals surface area contributed by atoms with E-state index in [2.05, 4.69) is 23.5 Å². The molecule has 1 heterocycles. The quantitative estimate of drug-likeness (QED) is 0.863. The second kappa shape index (κ2) is 9.36. The van der Waals surface area contributed by atoms with Crippen LogP contribution in [0.5, 0.6) is 0 Å². The van der Waals surface area contributed by atoms with Crippen molar-refractivity contribution in [2.75, 3.05) is 38.7 Å². The van der Waals surface area contributed by atoms with Gasteiger partial charge in [0.05, 0.1) is 12.7 Å². The monoisotopic (exact) mass is 354 g/mol. The Kier molecular flexibility index (Phi) is 6.63. The molecule has 0 saturated carbocycles. The average Bonchev–Trinajstić information content (AvgIpc) is 2.69. The minimum atomic E-state index is -0.0729. The highest BCUT2D eigenvalue weighted by Gasteiger charge is 2.24. The number of nitrogens with one attached hydrogen (secondary N) is 1. The molecule has 26 heavy (non-hydrogen) atoms. The molecule has 2 amide bonds. The lowest BCUT2D eigenvalue weighted by Gasteiger charge is -2.33. The fourth-order valence-electron chi connectivity index (χ4n) is 3.13. The van der Waals surface area contributed by atoms with Gasteiger partial charge >= 0.3 is 6.03 Å². The standard InChI is InChI=1S/C21H26N2O3/c1-25-13-11-19-16-23(12-14-26-19)21(24)22-20-10-6-5-9-18(20)15-17-7-3-2-4-8-17/h2-10,19H,11-16H2,1H3,(H,22,24)/t19-/m1/s1. The largest absolute Gasteiger partial charge is 0.385 e. The van der Waals surface area contributed by atoms with Gasteiger partial charge < -0.3 is 19.7 Å². The molecule has 1 aliphatic heterocycles. The molecule has 0 unspecified atom stereocenters. The van der Waals surface area contributed by atoms with E-state index < -0.39 is 0 Å². The van der Waals surface area contributed by atoms with Gasteiger partial charge in [0.2, 0.25) is 0 Å². The van der Waals surface area contributed by atoms with Crippen molar-refractivity contribution in [3.63, 3.8) is 0 Å². The molecule has 0 spiro atoms. The summed E-state index contributed by atoms with van der Waals surface area (Å²) >= 11 is 0. The molecule has 3 rings (SSSR count). The zero-order chi connectivity index (χ0) is 18.2. The summed E-state index contributed by atoms with van der Waals surface area (Å²) in [5.41, 5.74) is 3.19. The number of amides is 2. The Bertz CT molecular complexity index is 705. The summed E-state index contributed by atoms with van der Waals surface area (Å²) < 4.78 is 10.8. The van der Waals surface area contributed by atoms with E-state index in [1.54, 1.807) is 7.11 Å². The fraction of sp³-hybridized carbons (Fsp3) is 0.381. The van der Waals surface area contributed by atoms with Gasteiger partial charge in [0.1, 0.15) is 0 Å². The van der Waals surface area contributed by atoms with Crippen LogP contribution in [-0.4, -0.2) is 50.4 Å². The number of carbonyl (C=O) groups is 1. The molecular formula is C21H26N2O3. The Labute approximate surface area is 154 Å². The highest BCUT2D eigenvalue weighted by Crippen LogP contribution is 2.20. The number of methoxy groups -OCH3 is 1. The van der Waals surface area contributed by atoms with Crippen LogP contribution in [0.4, 0.5) is 10.5 Å². The maximum absolute atomic E-state index is 12.7. The lowest BCUT2D eigenvalue weighted by Crippen LogP contribution is -2.47. The topological polar surface area (TPSA) is 50.8 Å². The number of nitrogens with zero attached hydrogens (tertiary/aromatic N) is 1. The molecule has 1 atom stereocenters. The third-order valence-electron chi connectivity index (χ3n) is 4.57. The summed E-state index contributed by atoms with van der Waals surface area (Å²) in [5, 5.41) is 3.08. The Morgan fingerprint density at radius 1 is 1.19 bits per heavy atom. The van der Waals surface area contributed by atoms with Crippen LogP contribution in [0.2, 0.25) is 0 Å². The van der Waals surface area contributed by atoms with Crippen LogP contribution in [0.1, 0.15) is 17.5 Å². The summed E-state index contributed by atoms with van der Waals surface area (Å²) in [6.07, 6.45) is 1.62. The number of rotatable bonds is 6. The average molecular weight is 354 g/mol. The highest BCUT2D eigenvalue weighted by atomic mass is 16.5. The second-order valence-electron chi connectivity index (χ2n) is 6.47. The van der Waals surface area contributed by atoms with Gasteiger partial charge in [0, 0.05) is 32.5 Å². The molecule has 1 saturated heterocycles. The summed E-state index contributed by atoms with van der Waals surface area (Å²) in [7, 11) is 1.68. The lowest BCUT2D eigenvalue weighted by atomic mass is 10.0. The van der Waals surface area contributed by atoms with Gasteiger partial charge in [-0.25, -0.2) is 4.79 Å². The first-order chi connectivity index (χ1) is 12.8. The zero-order valence-electron chi connectivity index (χ0n) is 15.2. The van der Waals surface area contributed by atoms with Crippen LogP contribution < -0.4 is 5.32 Å². The molecule has 0 aromatic heterocycles. The number of anilines is 1. The molecule has 5 nitrogen and oxygen atoms in total. The molecule has 2 aromatic rings. The van der Waals surface area contributed by atoms with Crippen LogP contribution in [0.25, 0.3) is 0 Å². The minimum Gasteiger partial charge on any atom is -0.385 e. The van der Waals surface area contributed by atoms with Crippen LogP contribution in [0.15, 0.2) is 54.6 Å². The maximum atomic E-state index is 12.7. The molecule has 138 valence electrons. The predicted molar refractivity (Wildman–Crippen MR) is 103 cm³/mol. The van der Waals surface area contributed by atoms with Crippen molar-refractivity contribution in [1.29, 1.82) is 0 Å². The van der Waals surface area contributed by atoms with Crippen molar-refractivity contribution in [2.24, 2.45) is 0 Å². The molecule has 0 radical (unpaired) electrons. The minimum absolute atomic E-state index is 0.0361. The molecule has 5 heteroatoms. The van der Waals surface area contributed by atoms with Gasteiger partial charge in [-0.3, -0.25) is 0 Å². The Hall–Kier alpha value is -2.37. The van der Waals surface area contributed by atoms with Gasteiger partial charge in [-0.05, 0) is 30.0 Å². The molecule has 1 fully saturated rings. The van der Waals surface area contributed by atoms with E-state index in [1.807, 2.05) is 41.3 Å². The Morgan fingerprint density at radius 2 is 1.96 bits per heavy atom. The number of hydrogen-bond acceptors (Lipinski definition) is 3.